The minimum absolute atomic E-state index is 0.271. The summed E-state index contributed by atoms with van der Waals surface area (Å²) < 4.78 is 4.42. The number of carbonyl (C=O) groups excluding carboxylic acids is 1. The van der Waals surface area contributed by atoms with E-state index in [1.807, 2.05) is 6.08 Å². The van der Waals surface area contributed by atoms with Gasteiger partial charge in [0.1, 0.15) is 0 Å². The summed E-state index contributed by atoms with van der Waals surface area (Å²) in [4.78, 5) is 10.5. The van der Waals surface area contributed by atoms with Crippen LogP contribution in [0.5, 0.6) is 0 Å². The van der Waals surface area contributed by atoms with Crippen molar-refractivity contribution in [1.29, 1.82) is 0 Å². The van der Waals surface area contributed by atoms with Gasteiger partial charge in [0.25, 0.3) is 0 Å². The molecule has 1 heterocycles. The van der Waals surface area contributed by atoms with Crippen LogP contribution in [0.2, 0.25) is 0 Å². The highest BCUT2D eigenvalue weighted by Crippen LogP contribution is 2.03. The molecule has 0 spiro atoms. The normalized spacial score (nSPS) is 18.9. The van der Waals surface area contributed by atoms with Crippen LogP contribution < -0.4 is 5.32 Å². The Kier molecular flexibility index (Phi) is 2.45. The Labute approximate surface area is 60.1 Å². The maximum Gasteiger partial charge on any atom is 0.330 e. The molecule has 0 aromatic rings. The monoisotopic (exact) mass is 141 g/mol. The summed E-state index contributed by atoms with van der Waals surface area (Å²) in [6.45, 7) is 1.96. The van der Waals surface area contributed by atoms with Gasteiger partial charge in [0.05, 0.1) is 7.11 Å². The fourth-order valence-corrected chi connectivity index (χ4v) is 0.730. The number of hydrogen-bond acceptors (Lipinski definition) is 3. The van der Waals surface area contributed by atoms with Crippen LogP contribution in [-0.4, -0.2) is 26.2 Å². The van der Waals surface area contributed by atoms with E-state index in [0.29, 0.717) is 5.92 Å². The fourth-order valence-electron chi connectivity index (χ4n) is 0.730. The Bertz CT molecular complexity index is 150. The molecule has 3 nitrogen and oxygen atoms in total. The first-order valence-corrected chi connectivity index (χ1v) is 3.30. The first kappa shape index (κ1) is 7.28. The third kappa shape index (κ3) is 1.84. The molecule has 1 saturated heterocycles. The molecule has 1 N–H and O–H groups in total. The zero-order valence-corrected chi connectivity index (χ0v) is 5.96. The summed E-state index contributed by atoms with van der Waals surface area (Å²) in [6, 6.07) is 0. The summed E-state index contributed by atoms with van der Waals surface area (Å²) in [5, 5.41) is 3.10. The molecule has 0 aliphatic carbocycles. The van der Waals surface area contributed by atoms with Crippen LogP contribution in [0.25, 0.3) is 0 Å². The number of esters is 1. The van der Waals surface area contributed by atoms with Crippen molar-refractivity contribution in [1.82, 2.24) is 5.32 Å². The number of methoxy groups -OCH3 is 1. The Hall–Kier alpha value is -0.830. The zero-order valence-electron chi connectivity index (χ0n) is 5.96. The smallest absolute Gasteiger partial charge is 0.330 e. The van der Waals surface area contributed by atoms with Crippen LogP contribution in [-0.2, 0) is 9.53 Å². The van der Waals surface area contributed by atoms with Crippen molar-refractivity contribution >= 4 is 5.97 Å². The van der Waals surface area contributed by atoms with Crippen molar-refractivity contribution in [3.05, 3.63) is 12.2 Å². The van der Waals surface area contributed by atoms with E-state index < -0.39 is 0 Å². The van der Waals surface area contributed by atoms with Gasteiger partial charge in [0.15, 0.2) is 0 Å². The van der Waals surface area contributed by atoms with E-state index in [1.165, 1.54) is 13.2 Å². The van der Waals surface area contributed by atoms with Gasteiger partial charge in [0.2, 0.25) is 0 Å². The Balaban J connectivity index is 2.21. The Morgan fingerprint density at radius 3 is 2.80 bits per heavy atom. The molecular weight excluding hydrogens is 130 g/mol. The van der Waals surface area contributed by atoms with Crippen molar-refractivity contribution in [2.45, 2.75) is 0 Å². The molecule has 10 heavy (non-hydrogen) atoms. The van der Waals surface area contributed by atoms with Crippen LogP contribution >= 0.6 is 0 Å². The lowest BCUT2D eigenvalue weighted by molar-refractivity contribution is -0.134. The summed E-state index contributed by atoms with van der Waals surface area (Å²) in [7, 11) is 1.38. The summed E-state index contributed by atoms with van der Waals surface area (Å²) in [5.41, 5.74) is 0. The van der Waals surface area contributed by atoms with Crippen molar-refractivity contribution in [3.63, 3.8) is 0 Å². The maximum atomic E-state index is 10.5. The molecule has 0 bridgehead atoms. The molecule has 0 aromatic carbocycles. The van der Waals surface area contributed by atoms with E-state index in [-0.39, 0.29) is 5.97 Å². The van der Waals surface area contributed by atoms with Crippen LogP contribution in [0.15, 0.2) is 12.2 Å². The van der Waals surface area contributed by atoms with Gasteiger partial charge >= 0.3 is 5.97 Å². The van der Waals surface area contributed by atoms with Crippen LogP contribution in [0.1, 0.15) is 0 Å². The third-order valence-electron chi connectivity index (χ3n) is 1.52. The van der Waals surface area contributed by atoms with Gasteiger partial charge in [-0.05, 0) is 0 Å². The fraction of sp³-hybridized carbons (Fsp3) is 0.571. The van der Waals surface area contributed by atoms with E-state index in [1.54, 1.807) is 0 Å². The second kappa shape index (κ2) is 3.37. The first-order valence-electron chi connectivity index (χ1n) is 3.30. The lowest BCUT2D eigenvalue weighted by atomic mass is 10.0. The molecule has 56 valence electrons. The SMILES string of the molecule is COC(=O)/C=C/C1CNC1. The zero-order chi connectivity index (χ0) is 7.40. The average molecular weight is 141 g/mol. The highest BCUT2D eigenvalue weighted by molar-refractivity contribution is 5.81. The highest BCUT2D eigenvalue weighted by Gasteiger charge is 2.12. The second-order valence-corrected chi connectivity index (χ2v) is 2.30. The van der Waals surface area contributed by atoms with Gasteiger partial charge in [-0.3, -0.25) is 0 Å². The van der Waals surface area contributed by atoms with Gasteiger partial charge in [-0.25, -0.2) is 4.79 Å². The van der Waals surface area contributed by atoms with Gasteiger partial charge in [-0.2, -0.15) is 0 Å². The number of rotatable bonds is 2. The van der Waals surface area contributed by atoms with E-state index in [2.05, 4.69) is 10.1 Å². The quantitative estimate of drug-likeness (QED) is 0.432. The molecule has 1 aliphatic rings. The summed E-state index contributed by atoms with van der Waals surface area (Å²) in [6.07, 6.45) is 3.36. The predicted molar refractivity (Wildman–Crippen MR) is 37.5 cm³/mol. The number of hydrogen-bond donors (Lipinski definition) is 1. The van der Waals surface area contributed by atoms with Gasteiger partial charge < -0.3 is 10.1 Å². The average Bonchev–Trinajstić information content (AvgIpc) is 1.84. The number of carbonyl (C=O) groups is 1. The minimum Gasteiger partial charge on any atom is -0.466 e. The van der Waals surface area contributed by atoms with Crippen molar-refractivity contribution in [2.75, 3.05) is 20.2 Å². The van der Waals surface area contributed by atoms with Gasteiger partial charge in [-0.15, -0.1) is 0 Å². The molecule has 1 rings (SSSR count). The maximum absolute atomic E-state index is 10.5. The molecule has 0 amide bonds. The van der Waals surface area contributed by atoms with E-state index in [4.69, 9.17) is 0 Å². The molecule has 0 saturated carbocycles. The minimum atomic E-state index is -0.271. The second-order valence-electron chi connectivity index (χ2n) is 2.30. The molecule has 3 heteroatoms. The lowest BCUT2D eigenvalue weighted by Gasteiger charge is -2.23. The highest BCUT2D eigenvalue weighted by atomic mass is 16.5. The molecule has 0 atom stereocenters. The third-order valence-corrected chi connectivity index (χ3v) is 1.52. The molecular formula is C7H11NO2. The Morgan fingerprint density at radius 2 is 2.40 bits per heavy atom. The van der Waals surface area contributed by atoms with Crippen molar-refractivity contribution in [3.8, 4) is 0 Å². The summed E-state index contributed by atoms with van der Waals surface area (Å²) in [5.74, 6) is 0.256. The number of ether oxygens (including phenoxy) is 1. The van der Waals surface area contributed by atoms with Crippen LogP contribution in [0, 0.1) is 5.92 Å². The topological polar surface area (TPSA) is 38.3 Å². The van der Waals surface area contributed by atoms with Crippen LogP contribution in [0.3, 0.4) is 0 Å². The van der Waals surface area contributed by atoms with Crippen molar-refractivity contribution in [2.24, 2.45) is 5.92 Å². The lowest BCUT2D eigenvalue weighted by Crippen LogP contribution is -2.40. The summed E-state index contributed by atoms with van der Waals surface area (Å²) >= 11 is 0. The van der Waals surface area contributed by atoms with E-state index in [0.717, 1.165) is 13.1 Å². The van der Waals surface area contributed by atoms with Gasteiger partial charge in [-0.1, -0.05) is 6.08 Å². The largest absolute Gasteiger partial charge is 0.466 e. The predicted octanol–water partition coefficient (Wildman–Crippen LogP) is -0.0650. The van der Waals surface area contributed by atoms with Gasteiger partial charge in [0, 0.05) is 25.1 Å². The van der Waals surface area contributed by atoms with E-state index >= 15 is 0 Å². The molecule has 0 aromatic heterocycles. The number of nitrogens with one attached hydrogen (secondary N) is 1. The van der Waals surface area contributed by atoms with Crippen molar-refractivity contribution < 1.29 is 9.53 Å². The van der Waals surface area contributed by atoms with Crippen LogP contribution in [0.4, 0.5) is 0 Å². The van der Waals surface area contributed by atoms with E-state index in [9.17, 15) is 4.79 Å². The molecule has 0 unspecified atom stereocenters. The molecule has 1 fully saturated rings. The molecule has 1 aliphatic heterocycles. The first-order chi connectivity index (χ1) is 4.83. The Morgan fingerprint density at radius 1 is 1.70 bits per heavy atom. The molecule has 0 radical (unpaired) electrons. The standard InChI is InChI=1S/C7H11NO2/c1-10-7(9)3-2-6-4-8-5-6/h2-3,6,8H,4-5H2,1H3/b3-2+.